The molecule has 1 atom stereocenters. The average Bonchev–Trinajstić information content (AvgIpc) is 3.33. The van der Waals surface area contributed by atoms with Crippen molar-refractivity contribution < 1.29 is 18.7 Å². The Morgan fingerprint density at radius 3 is 2.67 bits per heavy atom. The molecular formula is C17H15ClF2N4O2S. The molecule has 6 nitrogen and oxygen atoms in total. The summed E-state index contributed by atoms with van der Waals surface area (Å²) >= 11 is 6.73. The van der Waals surface area contributed by atoms with Crippen molar-refractivity contribution in [2.24, 2.45) is 5.73 Å². The predicted octanol–water partition coefficient (Wildman–Crippen LogP) is 2.99. The summed E-state index contributed by atoms with van der Waals surface area (Å²) in [6, 6.07) is 4.65. The fraction of sp³-hybridized carbons (Fsp3) is 0.176. The van der Waals surface area contributed by atoms with Crippen LogP contribution in [0.1, 0.15) is 26.4 Å². The minimum atomic E-state index is -0.890. The number of nitrogens with two attached hydrogens (primary N) is 1. The molecule has 1 amide bonds. The standard InChI is InChI=1S/C17H15ClF2N4O2S/c18-15-10(19)3-8(4-11(15)20)12-1-2-13(23-12)16(26)24-14(5-21)17-22-6-9(7-25)27-17/h1-4,6,14,23,25H,5,7,21H2,(H,24,26)/t14-/m0/s1. The number of nitrogens with zero attached hydrogens (tertiary/aromatic N) is 1. The van der Waals surface area contributed by atoms with E-state index in [4.69, 9.17) is 22.4 Å². The largest absolute Gasteiger partial charge is 0.391 e. The highest BCUT2D eigenvalue weighted by atomic mass is 35.5. The number of H-pyrrole nitrogens is 1. The van der Waals surface area contributed by atoms with Crippen molar-refractivity contribution in [2.75, 3.05) is 6.54 Å². The van der Waals surface area contributed by atoms with Crippen LogP contribution >= 0.6 is 22.9 Å². The van der Waals surface area contributed by atoms with Gasteiger partial charge in [0.2, 0.25) is 0 Å². The SMILES string of the molecule is NC[C@H](NC(=O)c1ccc(-c2cc(F)c(Cl)c(F)c2)[nH]1)c1ncc(CO)s1. The molecule has 0 spiro atoms. The van der Waals surface area contributed by atoms with E-state index in [0.717, 1.165) is 12.1 Å². The van der Waals surface area contributed by atoms with Crippen molar-refractivity contribution >= 4 is 28.8 Å². The first-order chi connectivity index (χ1) is 12.9. The lowest BCUT2D eigenvalue weighted by molar-refractivity contribution is 0.0933. The van der Waals surface area contributed by atoms with Crippen molar-refractivity contribution in [2.45, 2.75) is 12.6 Å². The Balaban J connectivity index is 1.78. The average molecular weight is 413 g/mol. The van der Waals surface area contributed by atoms with E-state index in [0.29, 0.717) is 15.6 Å². The van der Waals surface area contributed by atoms with Gasteiger partial charge in [-0.3, -0.25) is 4.79 Å². The van der Waals surface area contributed by atoms with Crippen LogP contribution in [0.3, 0.4) is 0 Å². The maximum absolute atomic E-state index is 13.6. The number of aromatic amines is 1. The molecule has 3 rings (SSSR count). The maximum atomic E-state index is 13.6. The Bertz CT molecular complexity index is 953. The molecule has 0 aliphatic rings. The summed E-state index contributed by atoms with van der Waals surface area (Å²) in [6.45, 7) is -0.0254. The van der Waals surface area contributed by atoms with Gasteiger partial charge in [0.25, 0.3) is 5.91 Å². The van der Waals surface area contributed by atoms with Crippen LogP contribution in [0, 0.1) is 11.6 Å². The fourth-order valence-corrected chi connectivity index (χ4v) is 3.37. The molecule has 1 aromatic carbocycles. The van der Waals surface area contributed by atoms with E-state index < -0.39 is 28.6 Å². The van der Waals surface area contributed by atoms with Crippen LogP contribution < -0.4 is 11.1 Å². The molecule has 0 unspecified atom stereocenters. The maximum Gasteiger partial charge on any atom is 0.268 e. The minimum absolute atomic E-state index is 0.116. The molecule has 0 aliphatic carbocycles. The monoisotopic (exact) mass is 412 g/mol. The van der Waals surface area contributed by atoms with E-state index in [1.165, 1.54) is 29.7 Å². The Morgan fingerprint density at radius 2 is 2.07 bits per heavy atom. The van der Waals surface area contributed by atoms with Gasteiger partial charge in [0.05, 0.1) is 17.5 Å². The summed E-state index contributed by atoms with van der Waals surface area (Å²) in [5.41, 5.74) is 6.48. The van der Waals surface area contributed by atoms with Crippen molar-refractivity contribution in [3.8, 4) is 11.3 Å². The summed E-state index contributed by atoms with van der Waals surface area (Å²) < 4.78 is 27.3. The van der Waals surface area contributed by atoms with Crippen LogP contribution in [0.5, 0.6) is 0 Å². The molecule has 0 aliphatic heterocycles. The van der Waals surface area contributed by atoms with Crippen LogP contribution in [0.15, 0.2) is 30.5 Å². The zero-order chi connectivity index (χ0) is 19.6. The number of benzene rings is 1. The number of aromatic nitrogens is 2. The van der Waals surface area contributed by atoms with E-state index in [1.807, 2.05) is 0 Å². The smallest absolute Gasteiger partial charge is 0.268 e. The Hall–Kier alpha value is -2.33. The molecular weight excluding hydrogens is 398 g/mol. The number of aliphatic hydroxyl groups is 1. The van der Waals surface area contributed by atoms with Gasteiger partial charge in [0, 0.05) is 24.0 Å². The summed E-state index contributed by atoms with van der Waals surface area (Å²) in [5.74, 6) is -2.23. The number of carbonyl (C=O) groups excluding carboxylic acids is 1. The number of rotatable bonds is 6. The second kappa shape index (κ2) is 8.13. The molecule has 0 fully saturated rings. The van der Waals surface area contributed by atoms with E-state index >= 15 is 0 Å². The van der Waals surface area contributed by atoms with Crippen molar-refractivity contribution in [1.29, 1.82) is 0 Å². The number of amides is 1. The van der Waals surface area contributed by atoms with Crippen molar-refractivity contribution in [3.05, 3.63) is 62.7 Å². The Morgan fingerprint density at radius 1 is 1.37 bits per heavy atom. The number of thiazole rings is 1. The summed E-state index contributed by atoms with van der Waals surface area (Å²) in [4.78, 5) is 20.1. The summed E-state index contributed by atoms with van der Waals surface area (Å²) in [7, 11) is 0. The lowest BCUT2D eigenvalue weighted by Gasteiger charge is -2.13. The topological polar surface area (TPSA) is 104 Å². The van der Waals surface area contributed by atoms with Gasteiger partial charge in [0.15, 0.2) is 0 Å². The van der Waals surface area contributed by atoms with Crippen molar-refractivity contribution in [3.63, 3.8) is 0 Å². The number of halogens is 3. The number of hydrogen-bond donors (Lipinski definition) is 4. The van der Waals surface area contributed by atoms with Crippen LogP contribution in [-0.2, 0) is 6.61 Å². The first kappa shape index (κ1) is 19.4. The normalized spacial score (nSPS) is 12.2. The zero-order valence-electron chi connectivity index (χ0n) is 13.8. The van der Waals surface area contributed by atoms with E-state index in [1.54, 1.807) is 0 Å². The molecule has 10 heteroatoms. The quantitative estimate of drug-likeness (QED) is 0.467. The summed E-state index contributed by atoms with van der Waals surface area (Å²) in [6.07, 6.45) is 1.52. The fourth-order valence-electron chi connectivity index (χ4n) is 2.42. The van der Waals surface area contributed by atoms with Gasteiger partial charge in [-0.1, -0.05) is 11.6 Å². The third-order valence-electron chi connectivity index (χ3n) is 3.79. The highest BCUT2D eigenvalue weighted by Gasteiger charge is 2.19. The third kappa shape index (κ3) is 4.16. The van der Waals surface area contributed by atoms with E-state index in [9.17, 15) is 13.6 Å². The van der Waals surface area contributed by atoms with Crippen molar-refractivity contribution in [1.82, 2.24) is 15.3 Å². The molecule has 5 N–H and O–H groups in total. The molecule has 0 radical (unpaired) electrons. The highest BCUT2D eigenvalue weighted by Crippen LogP contribution is 2.27. The number of hydrogen-bond acceptors (Lipinski definition) is 5. The number of aliphatic hydroxyl groups excluding tert-OH is 1. The molecule has 2 heterocycles. The third-order valence-corrected chi connectivity index (χ3v) is 5.25. The van der Waals surface area contributed by atoms with Crippen LogP contribution in [0.25, 0.3) is 11.3 Å². The zero-order valence-corrected chi connectivity index (χ0v) is 15.4. The van der Waals surface area contributed by atoms with Gasteiger partial charge in [-0.05, 0) is 24.3 Å². The predicted molar refractivity (Wildman–Crippen MR) is 98.5 cm³/mol. The number of nitrogens with one attached hydrogen (secondary N) is 2. The lowest BCUT2D eigenvalue weighted by atomic mass is 10.1. The minimum Gasteiger partial charge on any atom is -0.391 e. The second-order valence-corrected chi connectivity index (χ2v) is 7.15. The molecule has 3 aromatic rings. The van der Waals surface area contributed by atoms with Crippen LogP contribution in [-0.4, -0.2) is 27.5 Å². The Labute approximate surface area is 162 Å². The Kier molecular flexibility index (Phi) is 5.85. The van der Waals surface area contributed by atoms with Crippen LogP contribution in [0.2, 0.25) is 5.02 Å². The molecule has 0 saturated heterocycles. The number of carbonyl (C=O) groups is 1. The van der Waals surface area contributed by atoms with E-state index in [-0.39, 0.29) is 24.4 Å². The molecule has 27 heavy (non-hydrogen) atoms. The second-order valence-electron chi connectivity index (χ2n) is 5.62. The first-order valence-corrected chi connectivity index (χ1v) is 9.02. The highest BCUT2D eigenvalue weighted by molar-refractivity contribution is 7.11. The van der Waals surface area contributed by atoms with Gasteiger partial charge >= 0.3 is 0 Å². The lowest BCUT2D eigenvalue weighted by Crippen LogP contribution is -2.33. The van der Waals surface area contributed by atoms with E-state index in [2.05, 4.69) is 15.3 Å². The molecule has 0 bridgehead atoms. The van der Waals surface area contributed by atoms with Crippen LogP contribution in [0.4, 0.5) is 8.78 Å². The van der Waals surface area contributed by atoms with Gasteiger partial charge in [-0.25, -0.2) is 13.8 Å². The van der Waals surface area contributed by atoms with Gasteiger partial charge in [-0.2, -0.15) is 0 Å². The van der Waals surface area contributed by atoms with Gasteiger partial charge in [-0.15, -0.1) is 11.3 Å². The molecule has 2 aromatic heterocycles. The van der Waals surface area contributed by atoms with Gasteiger partial charge in [0.1, 0.15) is 27.4 Å². The molecule has 142 valence electrons. The van der Waals surface area contributed by atoms with Gasteiger partial charge < -0.3 is 21.1 Å². The summed E-state index contributed by atoms with van der Waals surface area (Å²) in [5, 5.41) is 11.8. The molecule has 0 saturated carbocycles. The first-order valence-electron chi connectivity index (χ1n) is 7.83.